The Balaban J connectivity index is 2.14. The Morgan fingerprint density at radius 3 is 3.05 bits per heavy atom. The molecule has 1 aliphatic heterocycles. The minimum atomic E-state index is 0.0581. The first-order chi connectivity index (χ1) is 10.2. The second-order valence-corrected chi connectivity index (χ2v) is 5.30. The molecule has 5 nitrogen and oxygen atoms in total. The van der Waals surface area contributed by atoms with E-state index in [1.165, 1.54) is 0 Å². The van der Waals surface area contributed by atoms with Gasteiger partial charge < -0.3 is 15.4 Å². The molecule has 0 aliphatic carbocycles. The molecule has 3 rings (SSSR count). The predicted molar refractivity (Wildman–Crippen MR) is 85.0 cm³/mol. The summed E-state index contributed by atoms with van der Waals surface area (Å²) >= 11 is 0. The van der Waals surface area contributed by atoms with E-state index in [1.54, 1.807) is 6.20 Å². The van der Waals surface area contributed by atoms with Crippen molar-refractivity contribution in [3.63, 3.8) is 0 Å². The number of para-hydroxylation sites is 1. The number of ether oxygens (including phenoxy) is 1. The number of nitrogens with one attached hydrogen (secondary N) is 1. The van der Waals surface area contributed by atoms with Gasteiger partial charge >= 0.3 is 0 Å². The second kappa shape index (κ2) is 5.69. The standard InChI is InChI=1S/C16H20N4O/c1-2-11-10-20(7-8-21-11)15-12-5-3-4-6-14(12)19-9-13(15)16(17)18/h3-6,9,11H,2,7-8,10H2,1H3,(H3,17,18). The van der Waals surface area contributed by atoms with Gasteiger partial charge in [-0.15, -0.1) is 0 Å². The summed E-state index contributed by atoms with van der Waals surface area (Å²) in [6.45, 7) is 4.47. The lowest BCUT2D eigenvalue weighted by molar-refractivity contribution is 0.0385. The van der Waals surface area contributed by atoms with Crippen LogP contribution in [0, 0.1) is 5.41 Å². The lowest BCUT2D eigenvalue weighted by Crippen LogP contribution is -2.43. The maximum atomic E-state index is 7.85. The van der Waals surface area contributed by atoms with Gasteiger partial charge in [0.25, 0.3) is 0 Å². The summed E-state index contributed by atoms with van der Waals surface area (Å²) in [4.78, 5) is 6.69. The summed E-state index contributed by atoms with van der Waals surface area (Å²) in [5.41, 5.74) is 8.40. The molecule has 0 amide bonds. The Bertz CT molecular complexity index is 670. The zero-order valence-corrected chi connectivity index (χ0v) is 12.2. The van der Waals surface area contributed by atoms with Crippen LogP contribution in [0.5, 0.6) is 0 Å². The number of rotatable bonds is 3. The Labute approximate surface area is 124 Å². The van der Waals surface area contributed by atoms with E-state index < -0.39 is 0 Å². The molecule has 0 spiro atoms. The Kier molecular flexibility index (Phi) is 3.75. The summed E-state index contributed by atoms with van der Waals surface area (Å²) in [7, 11) is 0. The van der Waals surface area contributed by atoms with E-state index in [0.717, 1.165) is 36.1 Å². The highest BCUT2D eigenvalue weighted by atomic mass is 16.5. The Morgan fingerprint density at radius 1 is 1.48 bits per heavy atom. The zero-order chi connectivity index (χ0) is 14.8. The molecule has 5 heteroatoms. The van der Waals surface area contributed by atoms with Gasteiger partial charge in [0, 0.05) is 24.7 Å². The fourth-order valence-electron chi connectivity index (χ4n) is 2.83. The van der Waals surface area contributed by atoms with Crippen molar-refractivity contribution in [1.29, 1.82) is 5.41 Å². The van der Waals surface area contributed by atoms with Crippen molar-refractivity contribution in [2.24, 2.45) is 5.73 Å². The lowest BCUT2D eigenvalue weighted by Gasteiger charge is -2.35. The molecule has 2 heterocycles. The molecule has 0 radical (unpaired) electrons. The minimum Gasteiger partial charge on any atom is -0.384 e. The average molecular weight is 284 g/mol. The van der Waals surface area contributed by atoms with Crippen LogP contribution >= 0.6 is 0 Å². The van der Waals surface area contributed by atoms with Crippen LogP contribution in [0.25, 0.3) is 10.9 Å². The third-order valence-corrected chi connectivity index (χ3v) is 3.95. The number of benzene rings is 1. The van der Waals surface area contributed by atoms with Gasteiger partial charge in [0.2, 0.25) is 0 Å². The smallest absolute Gasteiger partial charge is 0.126 e. The highest BCUT2D eigenvalue weighted by Gasteiger charge is 2.23. The first kappa shape index (κ1) is 13.8. The number of morpholine rings is 1. The summed E-state index contributed by atoms with van der Waals surface area (Å²) in [6, 6.07) is 8.00. The average Bonchev–Trinajstić information content (AvgIpc) is 2.53. The van der Waals surface area contributed by atoms with Crippen molar-refractivity contribution in [2.75, 3.05) is 24.6 Å². The van der Waals surface area contributed by atoms with Crippen molar-refractivity contribution in [1.82, 2.24) is 4.98 Å². The van der Waals surface area contributed by atoms with E-state index >= 15 is 0 Å². The van der Waals surface area contributed by atoms with Crippen LogP contribution in [0.4, 0.5) is 5.69 Å². The van der Waals surface area contributed by atoms with Crippen molar-refractivity contribution in [3.8, 4) is 0 Å². The molecule has 3 N–H and O–H groups in total. The van der Waals surface area contributed by atoms with Crippen molar-refractivity contribution in [3.05, 3.63) is 36.0 Å². The second-order valence-electron chi connectivity index (χ2n) is 5.30. The van der Waals surface area contributed by atoms with Crippen LogP contribution < -0.4 is 10.6 Å². The third-order valence-electron chi connectivity index (χ3n) is 3.95. The number of nitrogen functional groups attached to an aromatic ring is 1. The summed E-state index contributed by atoms with van der Waals surface area (Å²) in [6.07, 6.45) is 2.91. The maximum Gasteiger partial charge on any atom is 0.126 e. The topological polar surface area (TPSA) is 75.2 Å². The van der Waals surface area contributed by atoms with Gasteiger partial charge in [0.15, 0.2) is 0 Å². The zero-order valence-electron chi connectivity index (χ0n) is 12.2. The van der Waals surface area contributed by atoms with Crippen LogP contribution in [0.2, 0.25) is 0 Å². The Hall–Kier alpha value is -2.14. The van der Waals surface area contributed by atoms with Crippen LogP contribution in [0.3, 0.4) is 0 Å². The van der Waals surface area contributed by atoms with E-state index in [0.29, 0.717) is 12.2 Å². The highest BCUT2D eigenvalue weighted by molar-refractivity contribution is 6.07. The number of fused-ring (bicyclic) bond motifs is 1. The largest absolute Gasteiger partial charge is 0.384 e. The van der Waals surface area contributed by atoms with Gasteiger partial charge in [-0.05, 0) is 12.5 Å². The number of nitrogens with zero attached hydrogens (tertiary/aromatic N) is 2. The molecule has 1 aromatic carbocycles. The molecule has 2 aromatic rings. The molecule has 1 atom stereocenters. The predicted octanol–water partition coefficient (Wildman–Crippen LogP) is 2.13. The third kappa shape index (κ3) is 2.56. The van der Waals surface area contributed by atoms with E-state index in [9.17, 15) is 0 Å². The fourth-order valence-corrected chi connectivity index (χ4v) is 2.83. The van der Waals surface area contributed by atoms with Crippen LogP contribution in [0.15, 0.2) is 30.5 Å². The minimum absolute atomic E-state index is 0.0581. The van der Waals surface area contributed by atoms with Gasteiger partial charge in [-0.2, -0.15) is 0 Å². The van der Waals surface area contributed by atoms with Crippen molar-refractivity contribution >= 4 is 22.4 Å². The molecule has 0 saturated carbocycles. The van der Waals surface area contributed by atoms with Crippen molar-refractivity contribution < 1.29 is 4.74 Å². The van der Waals surface area contributed by atoms with E-state index in [2.05, 4.69) is 16.8 Å². The number of amidine groups is 1. The molecular formula is C16H20N4O. The fraction of sp³-hybridized carbons (Fsp3) is 0.375. The van der Waals surface area contributed by atoms with E-state index in [-0.39, 0.29) is 11.9 Å². The normalized spacial score (nSPS) is 18.9. The highest BCUT2D eigenvalue weighted by Crippen LogP contribution is 2.30. The number of anilines is 1. The maximum absolute atomic E-state index is 7.85. The van der Waals surface area contributed by atoms with Gasteiger partial charge in [-0.25, -0.2) is 0 Å². The van der Waals surface area contributed by atoms with Crippen LogP contribution in [0.1, 0.15) is 18.9 Å². The molecule has 1 saturated heterocycles. The van der Waals surface area contributed by atoms with Crippen molar-refractivity contribution in [2.45, 2.75) is 19.4 Å². The molecule has 1 aliphatic rings. The molecular weight excluding hydrogens is 264 g/mol. The first-order valence-electron chi connectivity index (χ1n) is 7.29. The molecule has 110 valence electrons. The quantitative estimate of drug-likeness (QED) is 0.669. The van der Waals surface area contributed by atoms with Gasteiger partial charge in [0.05, 0.1) is 29.5 Å². The summed E-state index contributed by atoms with van der Waals surface area (Å²) < 4.78 is 5.75. The van der Waals surface area contributed by atoms with Crippen LogP contribution in [-0.2, 0) is 4.74 Å². The molecule has 1 aromatic heterocycles. The van der Waals surface area contributed by atoms with E-state index in [1.807, 2.05) is 24.3 Å². The van der Waals surface area contributed by atoms with Gasteiger partial charge in [-0.3, -0.25) is 10.4 Å². The Morgan fingerprint density at radius 2 is 2.29 bits per heavy atom. The number of hydrogen-bond donors (Lipinski definition) is 2. The lowest BCUT2D eigenvalue weighted by atomic mass is 10.1. The number of aromatic nitrogens is 1. The summed E-state index contributed by atoms with van der Waals surface area (Å²) in [5.74, 6) is 0.0581. The summed E-state index contributed by atoms with van der Waals surface area (Å²) in [5, 5.41) is 8.89. The molecule has 1 fully saturated rings. The molecule has 1 unspecified atom stereocenters. The number of nitrogens with two attached hydrogens (primary N) is 1. The van der Waals surface area contributed by atoms with E-state index in [4.69, 9.17) is 15.9 Å². The number of hydrogen-bond acceptors (Lipinski definition) is 4. The SMILES string of the molecule is CCC1CN(c2c(C(=N)N)cnc3ccccc23)CCO1. The number of pyridine rings is 1. The van der Waals surface area contributed by atoms with Gasteiger partial charge in [0.1, 0.15) is 5.84 Å². The first-order valence-corrected chi connectivity index (χ1v) is 7.29. The molecule has 21 heavy (non-hydrogen) atoms. The van der Waals surface area contributed by atoms with Gasteiger partial charge in [-0.1, -0.05) is 25.1 Å². The molecule has 0 bridgehead atoms. The monoisotopic (exact) mass is 284 g/mol. The van der Waals surface area contributed by atoms with Crippen LogP contribution in [-0.4, -0.2) is 36.6 Å².